The summed E-state index contributed by atoms with van der Waals surface area (Å²) in [4.78, 5) is 11.4. The normalized spacial score (nSPS) is 25.7. The maximum absolute atomic E-state index is 11.4. The number of ether oxygens (including phenoxy) is 2. The quantitative estimate of drug-likeness (QED) is 0.587. The zero-order chi connectivity index (χ0) is 12.7. The van der Waals surface area contributed by atoms with Crippen LogP contribution in [0.3, 0.4) is 0 Å². The third kappa shape index (κ3) is 4.48. The van der Waals surface area contributed by atoms with Gasteiger partial charge in [-0.1, -0.05) is 13.0 Å². The largest absolute Gasteiger partial charge is 0.466 e. The van der Waals surface area contributed by atoms with Crippen LogP contribution < -0.4 is 5.32 Å². The van der Waals surface area contributed by atoms with Gasteiger partial charge in [-0.2, -0.15) is 0 Å². The molecule has 4 heteroatoms. The minimum Gasteiger partial charge on any atom is -0.466 e. The van der Waals surface area contributed by atoms with E-state index in [1.54, 1.807) is 0 Å². The van der Waals surface area contributed by atoms with Gasteiger partial charge >= 0.3 is 5.97 Å². The Bertz CT molecular complexity index is 280. The molecule has 1 saturated heterocycles. The third-order valence-electron chi connectivity index (χ3n) is 3.14. The number of carbonyl (C=O) groups is 1. The highest BCUT2D eigenvalue weighted by molar-refractivity contribution is 5.88. The van der Waals surface area contributed by atoms with Crippen molar-refractivity contribution in [2.75, 3.05) is 26.9 Å². The van der Waals surface area contributed by atoms with Crippen molar-refractivity contribution >= 4 is 5.97 Å². The van der Waals surface area contributed by atoms with Crippen LogP contribution in [0.4, 0.5) is 0 Å². The van der Waals surface area contributed by atoms with E-state index in [1.807, 2.05) is 13.0 Å². The summed E-state index contributed by atoms with van der Waals surface area (Å²) in [5.74, 6) is -0.237. The standard InChI is InChI=1S/C13H23NO3/c1-4-11(12(15)16-3)6-8-14-13(2)7-5-9-17-10-13/h6,14H,4-5,7-10H2,1-3H3. The molecule has 0 aromatic rings. The molecule has 0 aromatic heterocycles. The lowest BCUT2D eigenvalue weighted by Gasteiger charge is -2.34. The summed E-state index contributed by atoms with van der Waals surface area (Å²) in [7, 11) is 1.41. The molecule has 1 fully saturated rings. The number of hydrogen-bond donors (Lipinski definition) is 1. The maximum Gasteiger partial charge on any atom is 0.333 e. The van der Waals surface area contributed by atoms with Crippen LogP contribution >= 0.6 is 0 Å². The van der Waals surface area contributed by atoms with Gasteiger partial charge in [0.05, 0.1) is 13.7 Å². The van der Waals surface area contributed by atoms with Gasteiger partial charge in [-0.25, -0.2) is 4.79 Å². The van der Waals surface area contributed by atoms with Crippen molar-refractivity contribution in [3.8, 4) is 0 Å². The molecule has 0 spiro atoms. The number of rotatable bonds is 5. The zero-order valence-electron chi connectivity index (χ0n) is 11.0. The Balaban J connectivity index is 2.43. The van der Waals surface area contributed by atoms with Gasteiger partial charge in [-0.15, -0.1) is 0 Å². The van der Waals surface area contributed by atoms with Gasteiger partial charge in [0, 0.05) is 24.3 Å². The predicted molar refractivity (Wildman–Crippen MR) is 66.9 cm³/mol. The van der Waals surface area contributed by atoms with Crippen LogP contribution in [0.2, 0.25) is 0 Å². The van der Waals surface area contributed by atoms with Gasteiger partial charge in [0.2, 0.25) is 0 Å². The highest BCUT2D eigenvalue weighted by Crippen LogP contribution is 2.18. The Morgan fingerprint density at radius 3 is 2.88 bits per heavy atom. The van der Waals surface area contributed by atoms with Gasteiger partial charge in [-0.05, 0) is 26.2 Å². The smallest absolute Gasteiger partial charge is 0.333 e. The lowest BCUT2D eigenvalue weighted by atomic mass is 9.95. The second-order valence-electron chi connectivity index (χ2n) is 4.67. The van der Waals surface area contributed by atoms with Crippen molar-refractivity contribution < 1.29 is 14.3 Å². The molecule has 0 saturated carbocycles. The predicted octanol–water partition coefficient (Wildman–Crippen LogP) is 1.65. The fraction of sp³-hybridized carbons (Fsp3) is 0.769. The van der Waals surface area contributed by atoms with Crippen LogP contribution in [0.5, 0.6) is 0 Å². The Hall–Kier alpha value is -0.870. The Morgan fingerprint density at radius 2 is 2.35 bits per heavy atom. The van der Waals surface area contributed by atoms with E-state index in [-0.39, 0.29) is 11.5 Å². The van der Waals surface area contributed by atoms with Crippen LogP contribution in [0, 0.1) is 0 Å². The molecule has 1 aliphatic rings. The molecule has 0 bridgehead atoms. The average Bonchev–Trinajstić information content (AvgIpc) is 2.34. The highest BCUT2D eigenvalue weighted by atomic mass is 16.5. The number of nitrogens with one attached hydrogen (secondary N) is 1. The molecule has 1 rings (SSSR count). The molecule has 1 aliphatic heterocycles. The molecule has 0 aromatic carbocycles. The van der Waals surface area contributed by atoms with E-state index in [1.165, 1.54) is 7.11 Å². The minimum absolute atomic E-state index is 0.0315. The average molecular weight is 241 g/mol. The summed E-state index contributed by atoms with van der Waals surface area (Å²) >= 11 is 0. The molecule has 0 aliphatic carbocycles. The first-order valence-corrected chi connectivity index (χ1v) is 6.21. The number of esters is 1. The summed E-state index contributed by atoms with van der Waals surface area (Å²) in [5.41, 5.74) is 0.754. The molecule has 1 atom stereocenters. The molecule has 0 amide bonds. The van der Waals surface area contributed by atoms with Crippen LogP contribution in [-0.2, 0) is 14.3 Å². The van der Waals surface area contributed by atoms with Crippen LogP contribution in [-0.4, -0.2) is 38.4 Å². The first-order chi connectivity index (χ1) is 8.11. The van der Waals surface area contributed by atoms with Crippen molar-refractivity contribution in [3.05, 3.63) is 11.6 Å². The van der Waals surface area contributed by atoms with E-state index in [0.29, 0.717) is 13.0 Å². The summed E-state index contributed by atoms with van der Waals surface area (Å²) in [6.07, 6.45) is 4.80. The van der Waals surface area contributed by atoms with Crippen molar-refractivity contribution in [1.29, 1.82) is 0 Å². The molecular formula is C13H23NO3. The van der Waals surface area contributed by atoms with Gasteiger partial charge < -0.3 is 14.8 Å². The summed E-state index contributed by atoms with van der Waals surface area (Å²) in [5, 5.41) is 3.43. The number of methoxy groups -OCH3 is 1. The molecule has 1 unspecified atom stereocenters. The van der Waals surface area contributed by atoms with E-state index in [2.05, 4.69) is 12.2 Å². The van der Waals surface area contributed by atoms with Crippen molar-refractivity contribution in [2.45, 2.75) is 38.6 Å². The molecule has 98 valence electrons. The number of carbonyl (C=O) groups excluding carboxylic acids is 1. The maximum atomic E-state index is 11.4. The topological polar surface area (TPSA) is 47.6 Å². The van der Waals surface area contributed by atoms with E-state index in [4.69, 9.17) is 9.47 Å². The van der Waals surface area contributed by atoms with Gasteiger partial charge in [0.15, 0.2) is 0 Å². The highest BCUT2D eigenvalue weighted by Gasteiger charge is 2.26. The van der Waals surface area contributed by atoms with E-state index >= 15 is 0 Å². The zero-order valence-corrected chi connectivity index (χ0v) is 11.0. The monoisotopic (exact) mass is 241 g/mol. The van der Waals surface area contributed by atoms with E-state index in [9.17, 15) is 4.79 Å². The third-order valence-corrected chi connectivity index (χ3v) is 3.14. The second-order valence-corrected chi connectivity index (χ2v) is 4.67. The summed E-state index contributed by atoms with van der Waals surface area (Å²) < 4.78 is 10.2. The van der Waals surface area contributed by atoms with Crippen LogP contribution in [0.1, 0.15) is 33.1 Å². The first-order valence-electron chi connectivity index (χ1n) is 6.21. The van der Waals surface area contributed by atoms with Crippen molar-refractivity contribution in [2.24, 2.45) is 0 Å². The van der Waals surface area contributed by atoms with E-state index < -0.39 is 0 Å². The molecule has 1 N–H and O–H groups in total. The van der Waals surface area contributed by atoms with Crippen molar-refractivity contribution in [3.63, 3.8) is 0 Å². The molecule has 1 heterocycles. The lowest BCUT2D eigenvalue weighted by molar-refractivity contribution is -0.136. The number of hydrogen-bond acceptors (Lipinski definition) is 4. The molecule has 0 radical (unpaired) electrons. The van der Waals surface area contributed by atoms with Crippen molar-refractivity contribution in [1.82, 2.24) is 5.32 Å². The Kier molecular flexibility index (Phi) is 5.65. The van der Waals surface area contributed by atoms with Crippen LogP contribution in [0.15, 0.2) is 11.6 Å². The summed E-state index contributed by atoms with van der Waals surface area (Å²) in [6.45, 7) is 6.38. The Labute approximate surface area is 103 Å². The molecule has 4 nitrogen and oxygen atoms in total. The summed E-state index contributed by atoms with van der Waals surface area (Å²) in [6, 6.07) is 0. The lowest BCUT2D eigenvalue weighted by Crippen LogP contribution is -2.49. The minimum atomic E-state index is -0.237. The fourth-order valence-corrected chi connectivity index (χ4v) is 2.00. The van der Waals surface area contributed by atoms with Gasteiger partial charge in [-0.3, -0.25) is 0 Å². The molecular weight excluding hydrogens is 218 g/mol. The van der Waals surface area contributed by atoms with Gasteiger partial charge in [0.25, 0.3) is 0 Å². The van der Waals surface area contributed by atoms with E-state index in [0.717, 1.165) is 31.6 Å². The van der Waals surface area contributed by atoms with Gasteiger partial charge in [0.1, 0.15) is 0 Å². The Morgan fingerprint density at radius 1 is 1.59 bits per heavy atom. The fourth-order valence-electron chi connectivity index (χ4n) is 2.00. The first kappa shape index (κ1) is 14.2. The van der Waals surface area contributed by atoms with Crippen LogP contribution in [0.25, 0.3) is 0 Å². The SMILES string of the molecule is CCC(=CCNC1(C)CCCOC1)C(=O)OC. The second kappa shape index (κ2) is 6.77. The molecule has 17 heavy (non-hydrogen) atoms.